The lowest BCUT2D eigenvalue weighted by Crippen LogP contribution is -2.23. The number of nitrogens with zero attached hydrogens (tertiary/aromatic N) is 2. The molecule has 0 aromatic carbocycles. The number of aryl methyl sites for hydroxylation is 1. The number of carboxylic acids is 1. The summed E-state index contributed by atoms with van der Waals surface area (Å²) in [6.07, 6.45) is 0.534. The number of carbonyl (C=O) groups is 1. The predicted octanol–water partition coefficient (Wildman–Crippen LogP) is -0.782. The fourth-order valence-corrected chi connectivity index (χ4v) is 0.919. The van der Waals surface area contributed by atoms with Crippen LogP contribution in [0.15, 0.2) is 4.79 Å². The van der Waals surface area contributed by atoms with E-state index in [2.05, 4.69) is 10.2 Å². The van der Waals surface area contributed by atoms with E-state index in [1.54, 1.807) is 6.92 Å². The van der Waals surface area contributed by atoms with Crippen LogP contribution in [0, 0.1) is 0 Å². The molecule has 1 aromatic rings. The van der Waals surface area contributed by atoms with Crippen molar-refractivity contribution in [2.24, 2.45) is 0 Å². The monoisotopic (exact) mass is 171 g/mol. The predicted molar refractivity (Wildman–Crippen MR) is 39.9 cm³/mol. The molecule has 0 amide bonds. The molecule has 0 saturated heterocycles. The zero-order valence-electron chi connectivity index (χ0n) is 6.57. The minimum absolute atomic E-state index is 0.335. The Balaban J connectivity index is 3.02. The van der Waals surface area contributed by atoms with E-state index >= 15 is 0 Å². The maximum Gasteiger partial charge on any atom is 0.343 e. The SMILES string of the molecule is CCc1n[nH]c(=O)n1CC(=O)O. The second-order valence-corrected chi connectivity index (χ2v) is 2.28. The molecule has 6 heteroatoms. The van der Waals surface area contributed by atoms with Crippen molar-refractivity contribution in [1.29, 1.82) is 0 Å². The third-order valence-electron chi connectivity index (χ3n) is 1.45. The van der Waals surface area contributed by atoms with E-state index in [-0.39, 0.29) is 6.54 Å². The fraction of sp³-hybridized carbons (Fsp3) is 0.500. The number of aromatic amines is 1. The summed E-state index contributed by atoms with van der Waals surface area (Å²) in [6, 6.07) is 0. The molecular formula is C6H9N3O3. The van der Waals surface area contributed by atoms with Crippen LogP contribution in [-0.2, 0) is 17.8 Å². The van der Waals surface area contributed by atoms with Crippen LogP contribution in [0.1, 0.15) is 12.7 Å². The van der Waals surface area contributed by atoms with Crippen LogP contribution in [0.3, 0.4) is 0 Å². The smallest absolute Gasteiger partial charge is 0.343 e. The molecule has 66 valence electrons. The second kappa shape index (κ2) is 3.21. The number of carboxylic acid groups (broad SMARTS) is 1. The van der Waals surface area contributed by atoms with Crippen molar-refractivity contribution in [2.75, 3.05) is 0 Å². The van der Waals surface area contributed by atoms with Crippen molar-refractivity contribution in [1.82, 2.24) is 14.8 Å². The van der Waals surface area contributed by atoms with Gasteiger partial charge < -0.3 is 5.11 Å². The molecule has 0 bridgehead atoms. The first-order valence-corrected chi connectivity index (χ1v) is 3.51. The highest BCUT2D eigenvalue weighted by atomic mass is 16.4. The van der Waals surface area contributed by atoms with E-state index in [9.17, 15) is 9.59 Å². The summed E-state index contributed by atoms with van der Waals surface area (Å²) < 4.78 is 1.10. The van der Waals surface area contributed by atoms with E-state index in [0.29, 0.717) is 12.2 Å². The highest BCUT2D eigenvalue weighted by Crippen LogP contribution is 1.90. The van der Waals surface area contributed by atoms with E-state index < -0.39 is 11.7 Å². The molecule has 0 fully saturated rings. The molecular weight excluding hydrogens is 162 g/mol. The quantitative estimate of drug-likeness (QED) is 0.624. The molecule has 0 unspecified atom stereocenters. The zero-order chi connectivity index (χ0) is 9.14. The van der Waals surface area contributed by atoms with Crippen LogP contribution in [0.4, 0.5) is 0 Å². The van der Waals surface area contributed by atoms with Gasteiger partial charge in [0.2, 0.25) is 0 Å². The molecule has 0 aliphatic heterocycles. The Labute approximate surface area is 67.8 Å². The minimum atomic E-state index is -1.05. The van der Waals surface area contributed by atoms with Crippen molar-refractivity contribution in [2.45, 2.75) is 19.9 Å². The molecule has 0 aliphatic carbocycles. The number of aliphatic carboxylic acids is 1. The second-order valence-electron chi connectivity index (χ2n) is 2.28. The van der Waals surface area contributed by atoms with Gasteiger partial charge in [0, 0.05) is 6.42 Å². The van der Waals surface area contributed by atoms with Gasteiger partial charge in [-0.15, -0.1) is 0 Å². The Kier molecular flexibility index (Phi) is 2.27. The van der Waals surface area contributed by atoms with E-state index in [0.717, 1.165) is 4.57 Å². The van der Waals surface area contributed by atoms with E-state index in [1.165, 1.54) is 0 Å². The fourth-order valence-electron chi connectivity index (χ4n) is 0.919. The summed E-state index contributed by atoms with van der Waals surface area (Å²) in [7, 11) is 0. The van der Waals surface area contributed by atoms with Gasteiger partial charge in [-0.05, 0) is 0 Å². The summed E-state index contributed by atoms with van der Waals surface area (Å²) in [4.78, 5) is 21.2. The van der Waals surface area contributed by atoms with E-state index in [1.807, 2.05) is 0 Å². The van der Waals surface area contributed by atoms with Gasteiger partial charge in [-0.3, -0.25) is 9.36 Å². The maximum atomic E-state index is 10.9. The van der Waals surface area contributed by atoms with Gasteiger partial charge in [0.1, 0.15) is 12.4 Å². The lowest BCUT2D eigenvalue weighted by molar-refractivity contribution is -0.137. The number of nitrogens with one attached hydrogen (secondary N) is 1. The van der Waals surface area contributed by atoms with Gasteiger partial charge in [-0.2, -0.15) is 5.10 Å². The summed E-state index contributed by atoms with van der Waals surface area (Å²) in [5, 5.41) is 14.3. The summed E-state index contributed by atoms with van der Waals surface area (Å²) in [5.41, 5.74) is -0.478. The highest BCUT2D eigenvalue weighted by Gasteiger charge is 2.08. The summed E-state index contributed by atoms with van der Waals surface area (Å²) >= 11 is 0. The molecule has 6 nitrogen and oxygen atoms in total. The maximum absolute atomic E-state index is 10.9. The number of aromatic nitrogens is 3. The average molecular weight is 171 g/mol. The first kappa shape index (κ1) is 8.51. The van der Waals surface area contributed by atoms with Crippen LogP contribution < -0.4 is 5.69 Å². The lowest BCUT2D eigenvalue weighted by Gasteiger charge is -1.97. The Hall–Kier alpha value is -1.59. The molecule has 0 aliphatic rings. The highest BCUT2D eigenvalue weighted by molar-refractivity contribution is 5.66. The van der Waals surface area contributed by atoms with Crippen LogP contribution >= 0.6 is 0 Å². The van der Waals surface area contributed by atoms with Crippen LogP contribution in [0.5, 0.6) is 0 Å². The molecule has 0 saturated carbocycles. The topological polar surface area (TPSA) is 88.0 Å². The molecule has 2 N–H and O–H groups in total. The molecule has 1 aromatic heterocycles. The van der Waals surface area contributed by atoms with Crippen molar-refractivity contribution in [3.05, 3.63) is 16.3 Å². The third kappa shape index (κ3) is 1.52. The molecule has 0 atom stereocenters. The third-order valence-corrected chi connectivity index (χ3v) is 1.45. The molecule has 1 rings (SSSR count). The Bertz CT molecular complexity index is 338. The molecule has 12 heavy (non-hydrogen) atoms. The number of H-pyrrole nitrogens is 1. The number of hydrogen-bond acceptors (Lipinski definition) is 3. The summed E-state index contributed by atoms with van der Waals surface area (Å²) in [5.74, 6) is -0.587. The Morgan fingerprint density at radius 1 is 1.75 bits per heavy atom. The average Bonchev–Trinajstić information content (AvgIpc) is 2.32. The van der Waals surface area contributed by atoms with E-state index in [4.69, 9.17) is 5.11 Å². The lowest BCUT2D eigenvalue weighted by atomic mass is 10.4. The van der Waals surface area contributed by atoms with Crippen LogP contribution in [0.25, 0.3) is 0 Å². The van der Waals surface area contributed by atoms with Crippen molar-refractivity contribution in [3.8, 4) is 0 Å². The molecule has 0 spiro atoms. The van der Waals surface area contributed by atoms with Gasteiger partial charge in [-0.25, -0.2) is 9.89 Å². The van der Waals surface area contributed by atoms with Gasteiger partial charge in [0.25, 0.3) is 0 Å². The van der Waals surface area contributed by atoms with Crippen molar-refractivity contribution >= 4 is 5.97 Å². The van der Waals surface area contributed by atoms with Crippen molar-refractivity contribution in [3.63, 3.8) is 0 Å². The first-order valence-electron chi connectivity index (χ1n) is 3.51. The minimum Gasteiger partial charge on any atom is -0.480 e. The van der Waals surface area contributed by atoms with Gasteiger partial charge in [-0.1, -0.05) is 6.92 Å². The largest absolute Gasteiger partial charge is 0.480 e. The normalized spacial score (nSPS) is 10.1. The zero-order valence-corrected chi connectivity index (χ0v) is 6.57. The first-order chi connectivity index (χ1) is 5.65. The van der Waals surface area contributed by atoms with Gasteiger partial charge in [0.05, 0.1) is 0 Å². The van der Waals surface area contributed by atoms with Gasteiger partial charge >= 0.3 is 11.7 Å². The van der Waals surface area contributed by atoms with Crippen molar-refractivity contribution < 1.29 is 9.90 Å². The number of rotatable bonds is 3. The van der Waals surface area contributed by atoms with Gasteiger partial charge in [0.15, 0.2) is 0 Å². The summed E-state index contributed by atoms with van der Waals surface area (Å²) in [6.45, 7) is 1.46. The Morgan fingerprint density at radius 3 is 2.92 bits per heavy atom. The molecule has 0 radical (unpaired) electrons. The molecule has 1 heterocycles. The standard InChI is InChI=1S/C6H9N3O3/c1-2-4-7-8-6(12)9(4)3-5(10)11/h2-3H2,1H3,(H,8,12)(H,10,11). The van der Waals surface area contributed by atoms with Crippen LogP contribution in [-0.4, -0.2) is 25.8 Å². The Morgan fingerprint density at radius 2 is 2.42 bits per heavy atom. The number of hydrogen-bond donors (Lipinski definition) is 2. The van der Waals surface area contributed by atoms with Crippen LogP contribution in [0.2, 0.25) is 0 Å².